The normalized spacial score (nSPS) is 17.2. The highest BCUT2D eigenvalue weighted by Crippen LogP contribution is 2.33. The Labute approximate surface area is 247 Å². The fraction of sp³-hybridized carbons (Fsp3) is 0.615. The number of allylic oxidation sites excluding steroid dienone is 1. The molecule has 17 nitrogen and oxygen atoms in total. The van der Waals surface area contributed by atoms with E-state index in [1.807, 2.05) is 14.7 Å². The van der Waals surface area contributed by atoms with Gasteiger partial charge in [0.05, 0.1) is 58.3 Å². The standard InChI is InChI=1S/C14H24N2O10.C12H13N3O2/c17-11(18)7-15(8-12(19)20)1-3-25-5-6-26-4-2-16(9-13(21)22)10-14(23)24;16-9-7-8(13-1-2-13)12(17)11(15-5-6-15)10(9)14-3-4-14/h1-10H2,(H,17,18)(H,19,20)(H,21,22)(H,23,24);7H,1-6H2. The SMILES string of the molecule is O=C(O)CN(CCOCCOCCN(CC(=O)O)CC(=O)O)CC(=O)O.O=C1C=C(N2CC2)C(=O)C(N2CC2)=C1N1CC1. The van der Waals surface area contributed by atoms with Gasteiger partial charge in [-0.2, -0.15) is 0 Å². The third-order valence-corrected chi connectivity index (χ3v) is 6.40. The Hall–Kier alpha value is -4.06. The fourth-order valence-electron chi connectivity index (χ4n) is 4.18. The minimum Gasteiger partial charge on any atom is -0.480 e. The third kappa shape index (κ3) is 12.0. The summed E-state index contributed by atoms with van der Waals surface area (Å²) in [5.74, 6) is -4.50. The molecule has 238 valence electrons. The van der Waals surface area contributed by atoms with E-state index in [2.05, 4.69) is 0 Å². The first-order valence-corrected chi connectivity index (χ1v) is 13.7. The molecule has 0 amide bonds. The molecular formula is C26H37N5O12. The molecule has 0 atom stereocenters. The Morgan fingerprint density at radius 2 is 0.977 bits per heavy atom. The summed E-state index contributed by atoms with van der Waals surface area (Å²) >= 11 is 0. The number of hydrogen-bond acceptors (Lipinski definition) is 13. The van der Waals surface area contributed by atoms with Crippen LogP contribution in [-0.4, -0.2) is 185 Å². The van der Waals surface area contributed by atoms with Crippen LogP contribution in [0.3, 0.4) is 0 Å². The van der Waals surface area contributed by atoms with Crippen molar-refractivity contribution in [3.8, 4) is 0 Å². The summed E-state index contributed by atoms with van der Waals surface area (Å²) < 4.78 is 10.4. The fourth-order valence-corrected chi connectivity index (χ4v) is 4.18. The van der Waals surface area contributed by atoms with Crippen LogP contribution in [-0.2, 0) is 38.2 Å². The summed E-state index contributed by atoms with van der Waals surface area (Å²) in [5, 5.41) is 34.7. The molecule has 3 saturated heterocycles. The number of carboxylic acid groups (broad SMARTS) is 4. The summed E-state index contributed by atoms with van der Waals surface area (Å²) in [6, 6.07) is 0. The van der Waals surface area contributed by atoms with Gasteiger partial charge in [0, 0.05) is 58.4 Å². The summed E-state index contributed by atoms with van der Waals surface area (Å²) in [7, 11) is 0. The molecule has 3 fully saturated rings. The van der Waals surface area contributed by atoms with E-state index in [1.54, 1.807) is 0 Å². The molecule has 3 heterocycles. The molecule has 43 heavy (non-hydrogen) atoms. The predicted molar refractivity (Wildman–Crippen MR) is 145 cm³/mol. The van der Waals surface area contributed by atoms with E-state index in [-0.39, 0.29) is 51.1 Å². The molecule has 1 aliphatic carbocycles. The molecular weight excluding hydrogens is 574 g/mol. The highest BCUT2D eigenvalue weighted by Gasteiger charge is 2.43. The molecule has 0 unspecified atom stereocenters. The van der Waals surface area contributed by atoms with Crippen LogP contribution < -0.4 is 0 Å². The molecule has 0 bridgehead atoms. The number of rotatable bonds is 20. The van der Waals surface area contributed by atoms with Crippen LogP contribution in [0.4, 0.5) is 0 Å². The Morgan fingerprint density at radius 1 is 0.605 bits per heavy atom. The number of aliphatic carboxylic acids is 4. The van der Waals surface area contributed by atoms with Crippen molar-refractivity contribution in [3.63, 3.8) is 0 Å². The van der Waals surface area contributed by atoms with E-state index in [9.17, 15) is 28.8 Å². The molecule has 17 heteroatoms. The first kappa shape index (κ1) is 33.4. The van der Waals surface area contributed by atoms with Crippen LogP contribution in [0.5, 0.6) is 0 Å². The lowest BCUT2D eigenvalue weighted by Crippen LogP contribution is -2.37. The molecule has 3 aliphatic heterocycles. The van der Waals surface area contributed by atoms with Gasteiger partial charge in [-0.15, -0.1) is 0 Å². The Kier molecular flexibility index (Phi) is 12.4. The first-order valence-electron chi connectivity index (χ1n) is 13.7. The maximum Gasteiger partial charge on any atom is 0.317 e. The van der Waals surface area contributed by atoms with E-state index < -0.39 is 50.1 Å². The molecule has 0 spiro atoms. The second kappa shape index (κ2) is 16.0. The zero-order valence-corrected chi connectivity index (χ0v) is 23.7. The summed E-state index contributed by atoms with van der Waals surface area (Å²) in [6.07, 6.45) is 1.52. The first-order chi connectivity index (χ1) is 20.5. The average molecular weight is 612 g/mol. The van der Waals surface area contributed by atoms with Crippen LogP contribution in [0.15, 0.2) is 23.2 Å². The lowest BCUT2D eigenvalue weighted by molar-refractivity contribution is -0.144. The van der Waals surface area contributed by atoms with Gasteiger partial charge in [-0.1, -0.05) is 0 Å². The molecule has 4 rings (SSSR count). The maximum atomic E-state index is 12.4. The van der Waals surface area contributed by atoms with Gasteiger partial charge in [0.1, 0.15) is 11.4 Å². The number of ketones is 2. The molecule has 4 N–H and O–H groups in total. The van der Waals surface area contributed by atoms with Gasteiger partial charge >= 0.3 is 23.9 Å². The highest BCUT2D eigenvalue weighted by atomic mass is 16.5. The second-order valence-electron chi connectivity index (χ2n) is 10.1. The van der Waals surface area contributed by atoms with Crippen molar-refractivity contribution in [1.82, 2.24) is 24.5 Å². The topological polar surface area (TPSA) is 217 Å². The van der Waals surface area contributed by atoms with Gasteiger partial charge in [-0.25, -0.2) is 0 Å². The Balaban J connectivity index is 0.000000252. The second-order valence-corrected chi connectivity index (χ2v) is 10.1. The van der Waals surface area contributed by atoms with Gasteiger partial charge < -0.3 is 44.6 Å². The van der Waals surface area contributed by atoms with Crippen molar-refractivity contribution in [3.05, 3.63) is 23.2 Å². The van der Waals surface area contributed by atoms with Crippen LogP contribution in [0.25, 0.3) is 0 Å². The van der Waals surface area contributed by atoms with E-state index in [0.29, 0.717) is 17.1 Å². The highest BCUT2D eigenvalue weighted by molar-refractivity contribution is 6.22. The largest absolute Gasteiger partial charge is 0.480 e. The van der Waals surface area contributed by atoms with E-state index >= 15 is 0 Å². The van der Waals surface area contributed by atoms with Crippen molar-refractivity contribution in [1.29, 1.82) is 0 Å². The van der Waals surface area contributed by atoms with Gasteiger partial charge in [-0.05, 0) is 0 Å². The summed E-state index contributed by atoms with van der Waals surface area (Å²) in [6.45, 7) is 4.62. The van der Waals surface area contributed by atoms with E-state index in [1.165, 1.54) is 15.9 Å². The maximum absolute atomic E-state index is 12.4. The Bertz CT molecular complexity index is 1070. The number of ether oxygens (including phenoxy) is 2. The summed E-state index contributed by atoms with van der Waals surface area (Å²) in [5.41, 5.74) is 1.89. The quantitative estimate of drug-likeness (QED) is 0.0618. The molecule has 0 aromatic rings. The smallest absolute Gasteiger partial charge is 0.317 e. The zero-order chi connectivity index (χ0) is 31.5. The van der Waals surface area contributed by atoms with Crippen molar-refractivity contribution in [2.75, 3.05) is 105 Å². The number of carbonyl (C=O) groups is 6. The lowest BCUT2D eigenvalue weighted by atomic mass is 10.0. The number of carboxylic acids is 4. The van der Waals surface area contributed by atoms with Crippen LogP contribution in [0.2, 0.25) is 0 Å². The molecule has 0 aromatic carbocycles. The average Bonchev–Trinajstić information content (AvgIpc) is 3.73. The van der Waals surface area contributed by atoms with Crippen LogP contribution >= 0.6 is 0 Å². The molecule has 0 saturated carbocycles. The van der Waals surface area contributed by atoms with E-state index in [4.69, 9.17) is 29.9 Å². The van der Waals surface area contributed by atoms with Crippen molar-refractivity contribution >= 4 is 35.4 Å². The van der Waals surface area contributed by atoms with Crippen LogP contribution in [0.1, 0.15) is 0 Å². The number of carbonyl (C=O) groups excluding carboxylic acids is 2. The van der Waals surface area contributed by atoms with Gasteiger partial charge in [0.2, 0.25) is 11.6 Å². The summed E-state index contributed by atoms with van der Waals surface area (Å²) in [4.78, 5) is 75.3. The number of hydrogen-bond donors (Lipinski definition) is 4. The molecule has 0 radical (unpaired) electrons. The van der Waals surface area contributed by atoms with Crippen molar-refractivity contribution in [2.24, 2.45) is 0 Å². The minimum absolute atomic E-state index is 0.00546. The predicted octanol–water partition coefficient (Wildman–Crippen LogP) is -2.86. The van der Waals surface area contributed by atoms with Crippen molar-refractivity contribution in [2.45, 2.75) is 0 Å². The minimum atomic E-state index is -1.14. The monoisotopic (exact) mass is 611 g/mol. The van der Waals surface area contributed by atoms with Crippen molar-refractivity contribution < 1.29 is 58.7 Å². The van der Waals surface area contributed by atoms with Gasteiger partial charge in [0.15, 0.2) is 0 Å². The van der Waals surface area contributed by atoms with Gasteiger partial charge in [0.25, 0.3) is 0 Å². The van der Waals surface area contributed by atoms with Crippen LogP contribution in [0, 0.1) is 0 Å². The molecule has 4 aliphatic rings. The van der Waals surface area contributed by atoms with E-state index in [0.717, 1.165) is 39.3 Å². The Morgan fingerprint density at radius 3 is 1.33 bits per heavy atom. The third-order valence-electron chi connectivity index (χ3n) is 6.40. The number of nitrogens with zero attached hydrogens (tertiary/aromatic N) is 5. The number of Topliss-reactive ketones (excluding diaryl/α,β-unsaturated/α-hetero) is 1. The zero-order valence-electron chi connectivity index (χ0n) is 23.7. The molecule has 0 aromatic heterocycles. The lowest BCUT2D eigenvalue weighted by Gasteiger charge is -2.21. The van der Waals surface area contributed by atoms with Gasteiger partial charge in [-0.3, -0.25) is 38.6 Å².